The van der Waals surface area contributed by atoms with Crippen LogP contribution in [0.25, 0.3) is 0 Å². The molecule has 1 fully saturated rings. The van der Waals surface area contributed by atoms with E-state index in [0.29, 0.717) is 57.4 Å². The number of carbonyl (C=O) groups is 5. The first-order valence-corrected chi connectivity index (χ1v) is 21.8. The van der Waals surface area contributed by atoms with Crippen LogP contribution in [0.4, 0.5) is 0 Å². The molecule has 55 heavy (non-hydrogen) atoms. The second-order valence-corrected chi connectivity index (χ2v) is 19.1. The Morgan fingerprint density at radius 1 is 0.964 bits per heavy atom. The van der Waals surface area contributed by atoms with E-state index in [1.165, 1.54) is 0 Å². The number of benzene rings is 1. The number of aliphatic imine (C=N–C) groups is 1. The van der Waals surface area contributed by atoms with E-state index < -0.39 is 35.9 Å². The van der Waals surface area contributed by atoms with Crippen molar-refractivity contribution in [2.45, 2.75) is 157 Å². The Bertz CT molecular complexity index is 1540. The van der Waals surface area contributed by atoms with E-state index in [4.69, 9.17) is 9.73 Å². The molecular formula is C44H68N4O6S. The Morgan fingerprint density at radius 2 is 1.65 bits per heavy atom. The molecule has 0 saturated carbocycles. The van der Waals surface area contributed by atoms with Crippen molar-refractivity contribution >= 4 is 46.3 Å². The van der Waals surface area contributed by atoms with Gasteiger partial charge < -0.3 is 20.3 Å². The Labute approximate surface area is 334 Å². The standard InChI is InChI=1S/C44H68N4O6S/c1-11-28(4)38-42(52)48-20-12-13-36(48)43(53)54-37(44(8,9)10)22-27(3)21-29(5)30(6)41-46-34(25-55-41)18-19-35(49)24-33(23-32-16-14-26(2)15-17-32)40(51)45-31(7)39(50)47-38/h14-17,27-31,33-34,36-38H,11-13,18-25H2,1-10H3,(H,45,51)(H,47,50)/t27-,28-,29-,30-,31-,33+,34+,36-,37-,38-/m0/s1. The van der Waals surface area contributed by atoms with E-state index in [1.807, 2.05) is 45.0 Å². The van der Waals surface area contributed by atoms with Gasteiger partial charge in [-0.3, -0.25) is 24.2 Å². The highest BCUT2D eigenvalue weighted by atomic mass is 32.2. The van der Waals surface area contributed by atoms with Crippen LogP contribution in [0.1, 0.15) is 125 Å². The van der Waals surface area contributed by atoms with E-state index in [0.717, 1.165) is 28.3 Å². The van der Waals surface area contributed by atoms with Crippen LogP contribution in [0.5, 0.6) is 0 Å². The van der Waals surface area contributed by atoms with Crippen molar-refractivity contribution in [2.24, 2.45) is 40.0 Å². The minimum Gasteiger partial charge on any atom is -0.460 e. The third-order valence-electron chi connectivity index (χ3n) is 12.1. The van der Waals surface area contributed by atoms with E-state index in [2.05, 4.69) is 52.2 Å². The fraction of sp³-hybridized carbons (Fsp3) is 0.727. The summed E-state index contributed by atoms with van der Waals surface area (Å²) in [5.74, 6) is -0.723. The molecule has 1 aromatic rings. The molecule has 3 aliphatic rings. The van der Waals surface area contributed by atoms with E-state index >= 15 is 0 Å². The first kappa shape index (κ1) is 44.5. The van der Waals surface area contributed by atoms with Gasteiger partial charge >= 0.3 is 5.97 Å². The Morgan fingerprint density at radius 3 is 2.31 bits per heavy atom. The Hall–Kier alpha value is -3.21. The van der Waals surface area contributed by atoms with Crippen molar-refractivity contribution in [3.63, 3.8) is 0 Å². The lowest BCUT2D eigenvalue weighted by Gasteiger charge is -2.36. The zero-order valence-corrected chi connectivity index (χ0v) is 35.9. The summed E-state index contributed by atoms with van der Waals surface area (Å²) < 4.78 is 6.32. The molecule has 2 bridgehead atoms. The predicted molar refractivity (Wildman–Crippen MR) is 221 cm³/mol. The monoisotopic (exact) mass is 780 g/mol. The second-order valence-electron chi connectivity index (χ2n) is 18.0. The van der Waals surface area contributed by atoms with Crippen LogP contribution in [-0.4, -0.2) is 82.0 Å². The van der Waals surface area contributed by atoms with Gasteiger partial charge in [0.15, 0.2) is 0 Å². The molecule has 0 radical (unpaired) electrons. The van der Waals surface area contributed by atoms with Gasteiger partial charge in [0.1, 0.15) is 30.0 Å². The molecule has 0 aromatic heterocycles. The molecule has 0 unspecified atom stereocenters. The summed E-state index contributed by atoms with van der Waals surface area (Å²) in [5.41, 5.74) is 1.73. The van der Waals surface area contributed by atoms with Crippen LogP contribution in [0.2, 0.25) is 0 Å². The highest BCUT2D eigenvalue weighted by Gasteiger charge is 2.42. The van der Waals surface area contributed by atoms with Crippen LogP contribution in [0.15, 0.2) is 29.3 Å². The molecule has 306 valence electrons. The minimum atomic E-state index is -0.960. The zero-order chi connectivity index (χ0) is 40.6. The fourth-order valence-electron chi connectivity index (χ4n) is 7.96. The van der Waals surface area contributed by atoms with Gasteiger partial charge in [-0.1, -0.05) is 91.6 Å². The number of hydrogen-bond donors (Lipinski definition) is 2. The molecule has 3 heterocycles. The number of nitrogens with zero attached hydrogens (tertiary/aromatic N) is 2. The molecule has 3 aliphatic heterocycles. The fourth-order valence-corrected chi connectivity index (χ4v) is 9.28. The van der Waals surface area contributed by atoms with Crippen molar-refractivity contribution in [1.29, 1.82) is 0 Å². The normalized spacial score (nSPS) is 32.0. The number of fused-ring (bicyclic) bond motifs is 2. The highest BCUT2D eigenvalue weighted by molar-refractivity contribution is 8.14. The lowest BCUT2D eigenvalue weighted by molar-refractivity contribution is -0.164. The van der Waals surface area contributed by atoms with E-state index in [1.54, 1.807) is 23.6 Å². The van der Waals surface area contributed by atoms with Crippen LogP contribution in [-0.2, 0) is 35.1 Å². The van der Waals surface area contributed by atoms with Crippen LogP contribution in [0.3, 0.4) is 0 Å². The van der Waals surface area contributed by atoms with E-state index in [-0.39, 0.29) is 59.3 Å². The maximum absolute atomic E-state index is 14.3. The number of Topliss-reactive ketones (excluding diaryl/α,β-unsaturated/α-hetero) is 1. The van der Waals surface area contributed by atoms with Crippen molar-refractivity contribution in [1.82, 2.24) is 15.5 Å². The first-order valence-electron chi connectivity index (χ1n) is 20.8. The predicted octanol–water partition coefficient (Wildman–Crippen LogP) is 7.09. The lowest BCUT2D eigenvalue weighted by atomic mass is 9.80. The van der Waals surface area contributed by atoms with Gasteiger partial charge in [-0.05, 0) is 81.1 Å². The average molecular weight is 781 g/mol. The van der Waals surface area contributed by atoms with Crippen LogP contribution >= 0.6 is 11.8 Å². The lowest BCUT2D eigenvalue weighted by Crippen LogP contribution is -2.57. The third-order valence-corrected chi connectivity index (χ3v) is 13.5. The zero-order valence-electron chi connectivity index (χ0n) is 35.1. The molecule has 10 nitrogen and oxygen atoms in total. The second kappa shape index (κ2) is 19.8. The molecule has 1 aromatic carbocycles. The number of cyclic esters (lactones) is 1. The average Bonchev–Trinajstić information content (AvgIpc) is 3.82. The number of aryl methyl sites for hydroxylation is 1. The molecule has 0 aliphatic carbocycles. The molecule has 0 spiro atoms. The Balaban J connectivity index is 1.63. The molecule has 3 amide bonds. The number of rotatable bonds is 4. The number of nitrogens with one attached hydrogen (secondary N) is 2. The summed E-state index contributed by atoms with van der Waals surface area (Å²) in [6.45, 7) is 20.9. The highest BCUT2D eigenvalue weighted by Crippen LogP contribution is 2.36. The van der Waals surface area contributed by atoms with Gasteiger partial charge in [0.2, 0.25) is 17.7 Å². The number of amides is 3. The molecular weight excluding hydrogens is 713 g/mol. The van der Waals surface area contributed by atoms with Crippen LogP contribution < -0.4 is 10.6 Å². The third kappa shape index (κ3) is 12.4. The maximum atomic E-state index is 14.3. The van der Waals surface area contributed by atoms with Gasteiger partial charge in [0.05, 0.1) is 11.1 Å². The van der Waals surface area contributed by atoms with Gasteiger partial charge in [-0.15, -0.1) is 11.8 Å². The summed E-state index contributed by atoms with van der Waals surface area (Å²) in [7, 11) is 0. The summed E-state index contributed by atoms with van der Waals surface area (Å²) in [6, 6.07) is 5.40. The number of hydrogen-bond acceptors (Lipinski definition) is 8. The van der Waals surface area contributed by atoms with Crippen molar-refractivity contribution in [3.8, 4) is 0 Å². The summed E-state index contributed by atoms with van der Waals surface area (Å²) in [6.07, 6.45) is 4.48. The van der Waals surface area contributed by atoms with Crippen molar-refractivity contribution in [2.75, 3.05) is 12.3 Å². The molecule has 4 rings (SSSR count). The van der Waals surface area contributed by atoms with Crippen molar-refractivity contribution < 1.29 is 28.7 Å². The molecule has 2 N–H and O–H groups in total. The number of thioether (sulfide) groups is 1. The van der Waals surface area contributed by atoms with E-state index in [9.17, 15) is 24.0 Å². The van der Waals surface area contributed by atoms with Gasteiger partial charge in [0.25, 0.3) is 0 Å². The Kier molecular flexibility index (Phi) is 16.0. The molecule has 10 atom stereocenters. The van der Waals surface area contributed by atoms with Gasteiger partial charge in [0, 0.05) is 37.0 Å². The largest absolute Gasteiger partial charge is 0.460 e. The summed E-state index contributed by atoms with van der Waals surface area (Å²) in [4.78, 5) is 76.0. The minimum absolute atomic E-state index is 0.00606. The van der Waals surface area contributed by atoms with Gasteiger partial charge in [-0.2, -0.15) is 0 Å². The number of carbonyl (C=O) groups excluding carboxylic acids is 5. The molecule has 1 saturated heterocycles. The quantitative estimate of drug-likeness (QED) is 0.312. The summed E-state index contributed by atoms with van der Waals surface area (Å²) in [5, 5.41) is 6.93. The summed E-state index contributed by atoms with van der Waals surface area (Å²) >= 11 is 1.78. The topological polar surface area (TPSA) is 134 Å². The van der Waals surface area contributed by atoms with Gasteiger partial charge in [-0.25, -0.2) is 4.79 Å². The van der Waals surface area contributed by atoms with Crippen LogP contribution in [0, 0.1) is 41.9 Å². The number of ketones is 1. The maximum Gasteiger partial charge on any atom is 0.329 e. The number of ether oxygens (including phenoxy) is 1. The molecule has 11 heteroatoms. The smallest absolute Gasteiger partial charge is 0.329 e. The van der Waals surface area contributed by atoms with Crippen molar-refractivity contribution in [3.05, 3.63) is 35.4 Å². The first-order chi connectivity index (χ1) is 25.9. The SMILES string of the molecule is CC[C@H](C)[C@@H]1NC(=O)[C@H](C)NC(=O)[C@H](Cc2ccc(C)cc2)CC(=O)CC[C@@H]2CSC(=N2)[C@@H](C)[C@@H](C)C[C@H](C)C[C@@H](C(C)(C)C)OC(=O)[C@@H]2CCCN2C1=O. The number of esters is 1.